The van der Waals surface area contributed by atoms with Gasteiger partial charge < -0.3 is 10.4 Å². The first-order chi connectivity index (χ1) is 16.3. The van der Waals surface area contributed by atoms with Crippen molar-refractivity contribution in [2.24, 2.45) is 5.92 Å². The molecule has 3 atom stereocenters. The van der Waals surface area contributed by atoms with Gasteiger partial charge in [0, 0.05) is 43.0 Å². The van der Waals surface area contributed by atoms with Gasteiger partial charge in [0.25, 0.3) is 0 Å². The fraction of sp³-hybridized carbons (Fsp3) is 0.545. The van der Waals surface area contributed by atoms with E-state index in [2.05, 4.69) is 15.3 Å². The van der Waals surface area contributed by atoms with Crippen LogP contribution in [0.3, 0.4) is 0 Å². The summed E-state index contributed by atoms with van der Waals surface area (Å²) in [5.74, 6) is -0.783. The van der Waals surface area contributed by atoms with E-state index in [1.807, 2.05) is 6.07 Å². The van der Waals surface area contributed by atoms with Crippen molar-refractivity contribution in [2.45, 2.75) is 44.3 Å². The van der Waals surface area contributed by atoms with Gasteiger partial charge in [-0.3, -0.25) is 4.90 Å². The molecule has 2 heterocycles. The van der Waals surface area contributed by atoms with Gasteiger partial charge in [0.2, 0.25) is 16.0 Å². The second kappa shape index (κ2) is 9.26. The van der Waals surface area contributed by atoms with Crippen molar-refractivity contribution in [3.05, 3.63) is 52.6 Å². The van der Waals surface area contributed by atoms with Gasteiger partial charge in [-0.25, -0.2) is 27.1 Å². The van der Waals surface area contributed by atoms with Gasteiger partial charge in [-0.1, -0.05) is 12.1 Å². The zero-order valence-electron chi connectivity index (χ0n) is 19.4. The lowest BCUT2D eigenvalue weighted by Crippen LogP contribution is -2.58. The molecule has 0 saturated carbocycles. The van der Waals surface area contributed by atoms with Crippen LogP contribution in [0.5, 0.6) is 0 Å². The number of alkyl halides is 3. The number of rotatable bonds is 7. The third-order valence-corrected chi connectivity index (χ3v) is 7.91. The van der Waals surface area contributed by atoms with E-state index in [1.54, 1.807) is 13.0 Å². The average molecular weight is 518 g/mol. The second-order valence-corrected chi connectivity index (χ2v) is 11.3. The Bertz CT molecular complexity index is 1190. The molecule has 4 rings (SSSR count). The fourth-order valence-corrected chi connectivity index (χ4v) is 5.61. The van der Waals surface area contributed by atoms with E-state index in [1.165, 1.54) is 0 Å². The lowest BCUT2D eigenvalue weighted by molar-refractivity contribution is -0.213. The Hall–Kier alpha value is -2.35. The van der Waals surface area contributed by atoms with Crippen LogP contribution in [0, 0.1) is 18.7 Å². The van der Waals surface area contributed by atoms with Crippen molar-refractivity contribution in [1.29, 1.82) is 0 Å². The molecule has 2 aliphatic rings. The molecule has 1 aromatic heterocycles. The predicted molar refractivity (Wildman–Crippen MR) is 120 cm³/mol. The van der Waals surface area contributed by atoms with Crippen LogP contribution in [0.15, 0.2) is 24.5 Å². The molecule has 2 unspecified atom stereocenters. The number of nitrogens with zero attached hydrogens (tertiary/aromatic N) is 4. The normalized spacial score (nSPS) is 21.0. The molecule has 0 bridgehead atoms. The molecule has 13 heteroatoms. The summed E-state index contributed by atoms with van der Waals surface area (Å²) in [5, 5.41) is 13.6. The summed E-state index contributed by atoms with van der Waals surface area (Å²) >= 11 is 0. The minimum absolute atomic E-state index is 0.0574. The minimum Gasteiger partial charge on any atom is -0.378 e. The molecule has 1 fully saturated rings. The van der Waals surface area contributed by atoms with Crippen molar-refractivity contribution >= 4 is 16.0 Å². The Balaban J connectivity index is 1.44. The van der Waals surface area contributed by atoms with Gasteiger partial charge in [0.15, 0.2) is 0 Å². The predicted octanol–water partition coefficient (Wildman–Crippen LogP) is 2.25. The third kappa shape index (κ3) is 5.27. The van der Waals surface area contributed by atoms with Gasteiger partial charge in [0.05, 0.1) is 6.26 Å². The van der Waals surface area contributed by atoms with Crippen LogP contribution < -0.4 is 5.32 Å². The third-order valence-electron chi connectivity index (χ3n) is 6.67. The quantitative estimate of drug-likeness (QED) is 0.430. The maximum atomic E-state index is 14.4. The Morgan fingerprint density at radius 2 is 1.83 bits per heavy atom. The fourth-order valence-electron chi connectivity index (χ4n) is 4.68. The molecular formula is C22H27F4N5O3S. The van der Waals surface area contributed by atoms with Crippen LogP contribution >= 0.6 is 0 Å². The largest absolute Gasteiger partial charge is 0.408 e. The summed E-state index contributed by atoms with van der Waals surface area (Å²) in [5.41, 5.74) is 1.79. The smallest absolute Gasteiger partial charge is 0.378 e. The minimum atomic E-state index is -4.74. The van der Waals surface area contributed by atoms with E-state index in [-0.39, 0.29) is 36.5 Å². The summed E-state index contributed by atoms with van der Waals surface area (Å²) in [4.78, 5) is 8.82. The molecule has 1 aromatic carbocycles. The van der Waals surface area contributed by atoms with Crippen LogP contribution in [0.2, 0.25) is 0 Å². The van der Waals surface area contributed by atoms with E-state index in [0.29, 0.717) is 24.0 Å². The lowest BCUT2D eigenvalue weighted by atomic mass is 9.98. The van der Waals surface area contributed by atoms with Crippen molar-refractivity contribution in [2.75, 3.05) is 31.7 Å². The molecule has 1 aliphatic heterocycles. The Morgan fingerprint density at radius 3 is 2.40 bits per heavy atom. The molecule has 2 aromatic rings. The maximum Gasteiger partial charge on any atom is 0.408 e. The number of aliphatic hydroxyl groups is 1. The molecular weight excluding hydrogens is 490 g/mol. The Kier molecular flexibility index (Phi) is 6.81. The van der Waals surface area contributed by atoms with Crippen molar-refractivity contribution in [1.82, 2.24) is 19.2 Å². The number of hydrogen-bond donors (Lipinski definition) is 2. The van der Waals surface area contributed by atoms with E-state index >= 15 is 0 Å². The maximum absolute atomic E-state index is 14.4. The summed E-state index contributed by atoms with van der Waals surface area (Å²) in [6.45, 7) is 1.58. The number of anilines is 1. The molecule has 0 radical (unpaired) electrons. The van der Waals surface area contributed by atoms with Gasteiger partial charge in [-0.15, -0.1) is 0 Å². The van der Waals surface area contributed by atoms with Crippen molar-refractivity contribution in [3.8, 4) is 0 Å². The number of benzene rings is 1. The van der Waals surface area contributed by atoms with Crippen LogP contribution in [-0.4, -0.2) is 77.5 Å². The van der Waals surface area contributed by atoms with E-state index in [0.717, 1.165) is 40.5 Å². The first kappa shape index (κ1) is 25.7. The number of hydrogen-bond acceptors (Lipinski definition) is 7. The average Bonchev–Trinajstić information content (AvgIpc) is 3.12. The molecule has 8 nitrogen and oxygen atoms in total. The highest BCUT2D eigenvalue weighted by Gasteiger charge is 2.49. The van der Waals surface area contributed by atoms with Gasteiger partial charge in [0.1, 0.15) is 18.1 Å². The monoisotopic (exact) mass is 517 g/mol. The molecule has 35 heavy (non-hydrogen) atoms. The van der Waals surface area contributed by atoms with Gasteiger partial charge in [-0.2, -0.15) is 13.2 Å². The number of aromatic nitrogens is 2. The van der Waals surface area contributed by atoms with E-state index in [4.69, 9.17) is 0 Å². The van der Waals surface area contributed by atoms with Crippen molar-refractivity contribution < 1.29 is 31.1 Å². The number of fused-ring (bicyclic) bond motifs is 1. The topological polar surface area (TPSA) is 98.7 Å². The summed E-state index contributed by atoms with van der Waals surface area (Å²) in [7, 11) is -2.33. The second-order valence-electron chi connectivity index (χ2n) is 9.29. The highest BCUT2D eigenvalue weighted by molar-refractivity contribution is 7.88. The van der Waals surface area contributed by atoms with Crippen LogP contribution in [0.25, 0.3) is 0 Å². The molecule has 2 N–H and O–H groups in total. The Morgan fingerprint density at radius 1 is 1.20 bits per heavy atom. The SMILES string of the molecule is Cc1ccc2c(c1F)CC(Nc1ncc([C@H](N(C)C(O)C3CN(S(C)(=O)=O)C3)C(F)(F)F)cn1)C2. The van der Waals surface area contributed by atoms with Crippen LogP contribution in [0.4, 0.5) is 23.5 Å². The highest BCUT2D eigenvalue weighted by Crippen LogP contribution is 2.39. The van der Waals surface area contributed by atoms with E-state index in [9.17, 15) is 31.1 Å². The first-order valence-corrected chi connectivity index (χ1v) is 12.9. The van der Waals surface area contributed by atoms with Crippen LogP contribution in [0.1, 0.15) is 28.3 Å². The van der Waals surface area contributed by atoms with Gasteiger partial charge in [-0.05, 0) is 43.5 Å². The summed E-state index contributed by atoms with van der Waals surface area (Å²) < 4.78 is 80.4. The van der Waals surface area contributed by atoms with Gasteiger partial charge >= 0.3 is 6.18 Å². The summed E-state index contributed by atoms with van der Waals surface area (Å²) in [6.07, 6.45) is -2.19. The first-order valence-electron chi connectivity index (χ1n) is 11.0. The number of aliphatic hydroxyl groups excluding tert-OH is 1. The number of aryl methyl sites for hydroxylation is 1. The molecule has 0 amide bonds. The highest BCUT2D eigenvalue weighted by atomic mass is 32.2. The molecule has 1 saturated heterocycles. The number of sulfonamides is 1. The standard InChI is InChI=1S/C22H27F4N5O3S/c1-12-4-5-13-6-16(7-17(13)18(12)23)29-21-27-8-14(9-28-21)19(22(24,25)26)30(2)20(32)15-10-31(11-15)35(3,33)34/h4-5,8-9,15-16,19-20,32H,6-7,10-11H2,1-3H3,(H,27,28,29)/t16?,19-,20?/m0/s1. The molecule has 192 valence electrons. The lowest BCUT2D eigenvalue weighted by Gasteiger charge is -2.44. The zero-order valence-corrected chi connectivity index (χ0v) is 20.2. The molecule has 1 aliphatic carbocycles. The van der Waals surface area contributed by atoms with Crippen molar-refractivity contribution in [3.63, 3.8) is 0 Å². The van der Waals surface area contributed by atoms with Crippen LogP contribution in [-0.2, 0) is 22.9 Å². The number of halogens is 4. The Labute approximate surface area is 201 Å². The van der Waals surface area contributed by atoms with E-state index < -0.39 is 34.4 Å². The molecule has 0 spiro atoms. The summed E-state index contributed by atoms with van der Waals surface area (Å²) in [6, 6.07) is 1.20. The zero-order chi connectivity index (χ0) is 25.7. The number of nitrogens with one attached hydrogen (secondary N) is 1.